The van der Waals surface area contributed by atoms with E-state index in [1.165, 1.54) is 18.2 Å². The summed E-state index contributed by atoms with van der Waals surface area (Å²) in [6, 6.07) is 12.7. The van der Waals surface area contributed by atoms with Crippen LogP contribution in [-0.4, -0.2) is 31.6 Å². The quantitative estimate of drug-likeness (QED) is 0.643. The van der Waals surface area contributed by atoms with Gasteiger partial charge in [-0.2, -0.15) is 8.78 Å². The molecule has 0 aliphatic carbocycles. The fourth-order valence-electron chi connectivity index (χ4n) is 2.23. The lowest BCUT2D eigenvalue weighted by atomic mass is 10.2. The highest BCUT2D eigenvalue weighted by atomic mass is 19.3. The minimum absolute atomic E-state index is 0.0256. The fourth-order valence-corrected chi connectivity index (χ4v) is 2.23. The van der Waals surface area contributed by atoms with Gasteiger partial charge in [-0.05, 0) is 31.2 Å². The molecule has 0 unspecified atom stereocenters. The van der Waals surface area contributed by atoms with E-state index in [1.54, 1.807) is 49.4 Å². The van der Waals surface area contributed by atoms with Crippen LogP contribution in [0, 0.1) is 0 Å². The number of benzene rings is 2. The molecule has 0 saturated carbocycles. The van der Waals surface area contributed by atoms with E-state index < -0.39 is 12.5 Å². The summed E-state index contributed by atoms with van der Waals surface area (Å²) in [5, 5.41) is 5.24. The monoisotopic (exact) mass is 390 g/mol. The molecule has 0 bridgehead atoms. The Morgan fingerprint density at radius 3 is 2.68 bits per heavy atom. The molecule has 2 aromatic carbocycles. The maximum absolute atomic E-state index is 12.4. The number of ether oxygens (including phenoxy) is 2. The molecule has 0 saturated heterocycles. The summed E-state index contributed by atoms with van der Waals surface area (Å²) >= 11 is 0. The van der Waals surface area contributed by atoms with Crippen molar-refractivity contribution in [3.05, 3.63) is 60.2 Å². The van der Waals surface area contributed by atoms with Crippen LogP contribution in [0.3, 0.4) is 0 Å². The van der Waals surface area contributed by atoms with Crippen LogP contribution in [0.1, 0.15) is 12.5 Å². The van der Waals surface area contributed by atoms with Gasteiger partial charge in [0.1, 0.15) is 11.5 Å². The topological polar surface area (TPSA) is 76.7 Å². The molecule has 2 amide bonds. The van der Waals surface area contributed by atoms with E-state index in [9.17, 15) is 18.4 Å². The second-order valence-electron chi connectivity index (χ2n) is 5.51. The number of carbonyl (C=O) groups excluding carboxylic acids is 2. The first-order valence-corrected chi connectivity index (χ1v) is 8.50. The molecule has 0 aliphatic heterocycles. The van der Waals surface area contributed by atoms with Crippen molar-refractivity contribution in [2.75, 3.05) is 18.5 Å². The van der Waals surface area contributed by atoms with Gasteiger partial charge < -0.3 is 20.1 Å². The van der Waals surface area contributed by atoms with E-state index in [0.29, 0.717) is 23.5 Å². The summed E-state index contributed by atoms with van der Waals surface area (Å²) in [4.78, 5) is 23.5. The van der Waals surface area contributed by atoms with Crippen molar-refractivity contribution < 1.29 is 27.8 Å². The van der Waals surface area contributed by atoms with Crippen molar-refractivity contribution in [2.24, 2.45) is 0 Å². The molecule has 0 heterocycles. The van der Waals surface area contributed by atoms with Crippen molar-refractivity contribution in [2.45, 2.75) is 13.5 Å². The Kier molecular flexibility index (Phi) is 7.95. The van der Waals surface area contributed by atoms with Gasteiger partial charge in [0.15, 0.2) is 6.61 Å². The lowest BCUT2D eigenvalue weighted by molar-refractivity contribution is -0.123. The Bertz CT molecular complexity index is 840. The Morgan fingerprint density at radius 1 is 1.14 bits per heavy atom. The predicted molar refractivity (Wildman–Crippen MR) is 101 cm³/mol. The number of anilines is 1. The van der Waals surface area contributed by atoms with Gasteiger partial charge in [-0.3, -0.25) is 9.59 Å². The maximum Gasteiger partial charge on any atom is 0.387 e. The molecule has 148 valence electrons. The van der Waals surface area contributed by atoms with Crippen LogP contribution in [0.25, 0.3) is 6.08 Å². The second kappa shape index (κ2) is 10.7. The minimum Gasteiger partial charge on any atom is -0.484 e. The van der Waals surface area contributed by atoms with Crippen molar-refractivity contribution in [3.63, 3.8) is 0 Å². The van der Waals surface area contributed by atoms with Gasteiger partial charge in [0.25, 0.3) is 5.91 Å². The van der Waals surface area contributed by atoms with E-state index in [0.717, 1.165) is 0 Å². The Labute approximate surface area is 161 Å². The van der Waals surface area contributed by atoms with Gasteiger partial charge >= 0.3 is 6.61 Å². The number of alkyl halides is 2. The fraction of sp³-hybridized carbons (Fsp3) is 0.200. The van der Waals surface area contributed by atoms with Crippen LogP contribution < -0.4 is 20.1 Å². The molecular formula is C20H20F2N2O4. The molecule has 0 aromatic heterocycles. The van der Waals surface area contributed by atoms with Gasteiger partial charge in [-0.25, -0.2) is 0 Å². The summed E-state index contributed by atoms with van der Waals surface area (Å²) < 4.78 is 34.6. The summed E-state index contributed by atoms with van der Waals surface area (Å²) in [7, 11) is 0. The van der Waals surface area contributed by atoms with E-state index in [1.807, 2.05) is 0 Å². The number of hydrogen-bond donors (Lipinski definition) is 2. The van der Waals surface area contributed by atoms with Crippen molar-refractivity contribution in [3.8, 4) is 11.5 Å². The summed E-state index contributed by atoms with van der Waals surface area (Å²) in [6.07, 6.45) is 2.58. The number of likely N-dealkylation sites (N-methyl/N-ethyl adjacent to an activating group) is 1. The molecule has 28 heavy (non-hydrogen) atoms. The van der Waals surface area contributed by atoms with Crippen LogP contribution in [0.2, 0.25) is 0 Å². The van der Waals surface area contributed by atoms with Crippen molar-refractivity contribution in [1.29, 1.82) is 0 Å². The molecule has 0 radical (unpaired) electrons. The molecule has 2 N–H and O–H groups in total. The van der Waals surface area contributed by atoms with Gasteiger partial charge in [0, 0.05) is 29.9 Å². The van der Waals surface area contributed by atoms with Crippen molar-refractivity contribution in [1.82, 2.24) is 5.32 Å². The van der Waals surface area contributed by atoms with E-state index in [-0.39, 0.29) is 18.3 Å². The first-order valence-electron chi connectivity index (χ1n) is 8.50. The zero-order chi connectivity index (χ0) is 20.4. The Balaban J connectivity index is 1.97. The molecule has 6 nitrogen and oxygen atoms in total. The lowest BCUT2D eigenvalue weighted by Gasteiger charge is -2.09. The molecule has 0 spiro atoms. The van der Waals surface area contributed by atoms with Crippen LogP contribution in [-0.2, 0) is 9.59 Å². The zero-order valence-corrected chi connectivity index (χ0v) is 15.2. The van der Waals surface area contributed by atoms with Gasteiger partial charge in [-0.15, -0.1) is 0 Å². The van der Waals surface area contributed by atoms with Crippen LogP contribution in [0.15, 0.2) is 54.6 Å². The predicted octanol–water partition coefficient (Wildman–Crippen LogP) is 3.45. The molecule has 0 aliphatic rings. The Hall–Kier alpha value is -3.42. The Morgan fingerprint density at radius 2 is 1.93 bits per heavy atom. The highest BCUT2D eigenvalue weighted by Crippen LogP contribution is 2.22. The summed E-state index contributed by atoms with van der Waals surface area (Å²) in [5.74, 6) is -0.316. The van der Waals surface area contributed by atoms with Gasteiger partial charge in [-0.1, -0.05) is 24.3 Å². The maximum atomic E-state index is 12.4. The zero-order valence-electron chi connectivity index (χ0n) is 15.2. The largest absolute Gasteiger partial charge is 0.484 e. The molecule has 0 atom stereocenters. The normalized spacial score (nSPS) is 10.7. The first kappa shape index (κ1) is 20.9. The van der Waals surface area contributed by atoms with E-state index in [2.05, 4.69) is 15.4 Å². The third kappa shape index (κ3) is 7.06. The lowest BCUT2D eigenvalue weighted by Crippen LogP contribution is -2.28. The van der Waals surface area contributed by atoms with Crippen LogP contribution >= 0.6 is 0 Å². The number of hydrogen-bond acceptors (Lipinski definition) is 4. The average Bonchev–Trinajstić information content (AvgIpc) is 2.66. The number of nitrogens with one attached hydrogen (secondary N) is 2. The molecule has 2 rings (SSSR count). The minimum atomic E-state index is -2.95. The molecule has 2 aromatic rings. The smallest absolute Gasteiger partial charge is 0.387 e. The van der Waals surface area contributed by atoms with Gasteiger partial charge in [0.05, 0.1) is 0 Å². The number of carbonyl (C=O) groups is 2. The summed E-state index contributed by atoms with van der Waals surface area (Å²) in [5.41, 5.74) is 0.803. The average molecular weight is 390 g/mol. The molecule has 0 fully saturated rings. The SMILES string of the molecule is CCNC(=O)COc1cccc(NC(=O)/C=C/c2ccccc2OC(F)F)c1. The van der Waals surface area contributed by atoms with E-state index in [4.69, 9.17) is 4.74 Å². The third-order valence-electron chi connectivity index (χ3n) is 3.39. The standard InChI is InChI=1S/C20H20F2N2O4/c1-2-23-19(26)13-27-16-8-5-7-15(12-16)24-18(25)11-10-14-6-3-4-9-17(14)28-20(21)22/h3-12,20H,2,13H2,1H3,(H,23,26)(H,24,25)/b11-10+. The molecule has 8 heteroatoms. The number of rotatable bonds is 9. The van der Waals surface area contributed by atoms with Crippen LogP contribution in [0.5, 0.6) is 11.5 Å². The first-order chi connectivity index (χ1) is 13.5. The number of para-hydroxylation sites is 1. The summed E-state index contributed by atoms with van der Waals surface area (Å²) in [6.45, 7) is -0.771. The highest BCUT2D eigenvalue weighted by molar-refractivity contribution is 6.02. The molecular weight excluding hydrogens is 370 g/mol. The third-order valence-corrected chi connectivity index (χ3v) is 3.39. The van der Waals surface area contributed by atoms with Gasteiger partial charge in [0.2, 0.25) is 5.91 Å². The highest BCUT2D eigenvalue weighted by Gasteiger charge is 2.08. The van der Waals surface area contributed by atoms with Crippen LogP contribution in [0.4, 0.5) is 14.5 Å². The number of halogens is 2. The second-order valence-corrected chi connectivity index (χ2v) is 5.51. The van der Waals surface area contributed by atoms with Crippen molar-refractivity contribution >= 4 is 23.6 Å². The van der Waals surface area contributed by atoms with E-state index >= 15 is 0 Å². The number of amides is 2.